The van der Waals surface area contributed by atoms with Gasteiger partial charge in [0.05, 0.1) is 0 Å². The zero-order chi connectivity index (χ0) is 15.5. The van der Waals surface area contributed by atoms with Crippen molar-refractivity contribution in [1.82, 2.24) is 5.32 Å². The number of carbonyl (C=O) groups is 1. The predicted molar refractivity (Wildman–Crippen MR) is 79.4 cm³/mol. The van der Waals surface area contributed by atoms with Crippen molar-refractivity contribution in [2.45, 2.75) is 39.5 Å². The summed E-state index contributed by atoms with van der Waals surface area (Å²) in [6.45, 7) is 4.84. The van der Waals surface area contributed by atoms with Gasteiger partial charge >= 0.3 is 0 Å². The molecule has 1 fully saturated rings. The van der Waals surface area contributed by atoms with Gasteiger partial charge in [0.25, 0.3) is 5.91 Å². The molecule has 2 rings (SSSR count). The van der Waals surface area contributed by atoms with Crippen molar-refractivity contribution in [2.24, 2.45) is 5.41 Å². The lowest BCUT2D eigenvalue weighted by molar-refractivity contribution is 0.0849. The van der Waals surface area contributed by atoms with Crippen LogP contribution in [0.25, 0.3) is 0 Å². The van der Waals surface area contributed by atoms with Crippen LogP contribution in [0.2, 0.25) is 0 Å². The summed E-state index contributed by atoms with van der Waals surface area (Å²) in [4.78, 5) is 12.1. The first-order chi connectivity index (χ1) is 10.0. The number of hydrogen-bond donors (Lipinski definition) is 2. The molecule has 3 nitrogen and oxygen atoms in total. The number of carbonyl (C=O) groups excluding carboxylic acids is 1. The van der Waals surface area contributed by atoms with Gasteiger partial charge in [0, 0.05) is 18.7 Å². The van der Waals surface area contributed by atoms with Gasteiger partial charge in [-0.25, -0.2) is 8.78 Å². The molecule has 0 heterocycles. The van der Waals surface area contributed by atoms with Gasteiger partial charge in [-0.15, -0.1) is 0 Å². The van der Waals surface area contributed by atoms with E-state index in [0.717, 1.165) is 31.4 Å². The molecule has 1 aliphatic carbocycles. The van der Waals surface area contributed by atoms with Gasteiger partial charge in [-0.1, -0.05) is 13.3 Å². The highest BCUT2D eigenvalue weighted by atomic mass is 19.1. The largest absolute Gasteiger partial charge is 0.381 e. The monoisotopic (exact) mass is 296 g/mol. The van der Waals surface area contributed by atoms with E-state index in [1.807, 2.05) is 0 Å². The quantitative estimate of drug-likeness (QED) is 0.840. The van der Waals surface area contributed by atoms with Crippen LogP contribution in [0.5, 0.6) is 0 Å². The summed E-state index contributed by atoms with van der Waals surface area (Å²) in [6, 6.07) is 2.16. The molecule has 0 aromatic heterocycles. The highest BCUT2D eigenvalue weighted by Gasteiger charge is 2.35. The van der Waals surface area contributed by atoms with E-state index in [1.165, 1.54) is 6.42 Å². The van der Waals surface area contributed by atoms with Gasteiger partial charge in [0.15, 0.2) is 0 Å². The summed E-state index contributed by atoms with van der Waals surface area (Å²) >= 11 is 0. The summed E-state index contributed by atoms with van der Waals surface area (Å²) in [7, 11) is 0. The smallest absolute Gasteiger partial charge is 0.251 e. The van der Waals surface area contributed by atoms with E-state index in [0.29, 0.717) is 13.1 Å². The van der Waals surface area contributed by atoms with Crippen LogP contribution < -0.4 is 10.6 Å². The van der Waals surface area contributed by atoms with Crippen LogP contribution in [-0.4, -0.2) is 19.0 Å². The maximum absolute atomic E-state index is 13.8. The molecule has 0 atom stereocenters. The third kappa shape index (κ3) is 3.34. The lowest BCUT2D eigenvalue weighted by Crippen LogP contribution is -2.41. The van der Waals surface area contributed by atoms with Crippen molar-refractivity contribution in [1.29, 1.82) is 0 Å². The van der Waals surface area contributed by atoms with E-state index in [4.69, 9.17) is 0 Å². The first-order valence-corrected chi connectivity index (χ1v) is 7.52. The van der Waals surface area contributed by atoms with Crippen LogP contribution in [0.15, 0.2) is 12.1 Å². The minimum Gasteiger partial charge on any atom is -0.381 e. The molecule has 5 heteroatoms. The van der Waals surface area contributed by atoms with Crippen LogP contribution in [0.3, 0.4) is 0 Å². The second-order valence-electron chi connectivity index (χ2n) is 5.74. The van der Waals surface area contributed by atoms with E-state index in [-0.39, 0.29) is 16.7 Å². The summed E-state index contributed by atoms with van der Waals surface area (Å²) < 4.78 is 27.6. The Kier molecular flexibility index (Phi) is 4.80. The third-order valence-corrected chi connectivity index (χ3v) is 4.45. The molecule has 1 amide bonds. The summed E-state index contributed by atoms with van der Waals surface area (Å²) in [5.74, 6) is -1.90. The Morgan fingerprint density at radius 2 is 1.86 bits per heavy atom. The normalized spacial score (nSPS) is 16.2. The minimum atomic E-state index is -0.740. The van der Waals surface area contributed by atoms with E-state index in [9.17, 15) is 13.6 Å². The van der Waals surface area contributed by atoms with Crippen molar-refractivity contribution >= 4 is 11.6 Å². The molecule has 1 aliphatic rings. The SMILES string of the molecule is CCNc1c(F)cc(C(=O)NCC2(CC)CCC2)cc1F. The molecular formula is C16H22F2N2O. The van der Waals surface area contributed by atoms with E-state index in [1.54, 1.807) is 6.92 Å². The first kappa shape index (κ1) is 15.7. The number of anilines is 1. The highest BCUT2D eigenvalue weighted by Crippen LogP contribution is 2.43. The van der Waals surface area contributed by atoms with E-state index < -0.39 is 17.5 Å². The summed E-state index contributed by atoms with van der Waals surface area (Å²) in [5.41, 5.74) is 0.0199. The lowest BCUT2D eigenvalue weighted by Gasteiger charge is -2.41. The van der Waals surface area contributed by atoms with Gasteiger partial charge in [-0.2, -0.15) is 0 Å². The standard InChI is InChI=1S/C16H22F2N2O/c1-3-16(6-5-7-16)10-20-15(21)11-8-12(17)14(19-4-2)13(18)9-11/h8-9,19H,3-7,10H2,1-2H3,(H,20,21). The lowest BCUT2D eigenvalue weighted by atomic mass is 9.67. The molecule has 2 N–H and O–H groups in total. The molecule has 0 radical (unpaired) electrons. The Morgan fingerprint density at radius 3 is 2.29 bits per heavy atom. The molecule has 0 saturated heterocycles. The average Bonchev–Trinajstić information content (AvgIpc) is 2.41. The zero-order valence-corrected chi connectivity index (χ0v) is 12.6. The molecule has 0 aliphatic heterocycles. The molecule has 116 valence electrons. The third-order valence-electron chi connectivity index (χ3n) is 4.45. The second kappa shape index (κ2) is 6.41. The van der Waals surface area contributed by atoms with Gasteiger partial charge in [0.1, 0.15) is 17.3 Å². The van der Waals surface area contributed by atoms with Gasteiger partial charge in [0.2, 0.25) is 0 Å². The Labute approximate surface area is 124 Å². The van der Waals surface area contributed by atoms with Crippen LogP contribution in [0.1, 0.15) is 49.9 Å². The second-order valence-corrected chi connectivity index (χ2v) is 5.74. The van der Waals surface area contributed by atoms with Crippen molar-refractivity contribution in [2.75, 3.05) is 18.4 Å². The zero-order valence-electron chi connectivity index (χ0n) is 12.6. The number of hydrogen-bond acceptors (Lipinski definition) is 2. The van der Waals surface area contributed by atoms with E-state index >= 15 is 0 Å². The van der Waals surface area contributed by atoms with Crippen molar-refractivity contribution in [3.8, 4) is 0 Å². The number of amides is 1. The molecule has 21 heavy (non-hydrogen) atoms. The fourth-order valence-electron chi connectivity index (χ4n) is 2.75. The summed E-state index contributed by atoms with van der Waals surface area (Å²) in [5, 5.41) is 5.42. The summed E-state index contributed by atoms with van der Waals surface area (Å²) in [6.07, 6.45) is 4.40. The number of benzene rings is 1. The minimum absolute atomic E-state index is 0.0252. The van der Waals surface area contributed by atoms with Gasteiger partial charge < -0.3 is 10.6 Å². The fraction of sp³-hybridized carbons (Fsp3) is 0.562. The predicted octanol–water partition coefficient (Wildman–Crippen LogP) is 3.71. The molecule has 1 saturated carbocycles. The molecule has 0 bridgehead atoms. The average molecular weight is 296 g/mol. The Balaban J connectivity index is 2.05. The molecule has 1 aromatic rings. The van der Waals surface area contributed by atoms with Crippen molar-refractivity contribution in [3.05, 3.63) is 29.3 Å². The van der Waals surface area contributed by atoms with Crippen molar-refractivity contribution < 1.29 is 13.6 Å². The van der Waals surface area contributed by atoms with E-state index in [2.05, 4.69) is 17.6 Å². The molecular weight excluding hydrogens is 274 g/mol. The molecule has 0 unspecified atom stereocenters. The maximum atomic E-state index is 13.8. The Morgan fingerprint density at radius 1 is 1.24 bits per heavy atom. The van der Waals surface area contributed by atoms with Crippen LogP contribution in [-0.2, 0) is 0 Å². The Bertz CT molecular complexity index is 498. The van der Waals surface area contributed by atoms with Gasteiger partial charge in [-0.05, 0) is 43.7 Å². The van der Waals surface area contributed by atoms with Crippen LogP contribution in [0.4, 0.5) is 14.5 Å². The maximum Gasteiger partial charge on any atom is 0.251 e. The highest BCUT2D eigenvalue weighted by molar-refractivity contribution is 5.94. The first-order valence-electron chi connectivity index (χ1n) is 7.52. The van der Waals surface area contributed by atoms with Gasteiger partial charge in [-0.3, -0.25) is 4.79 Å². The molecule has 1 aromatic carbocycles. The number of nitrogens with one attached hydrogen (secondary N) is 2. The Hall–Kier alpha value is -1.65. The van der Waals surface area contributed by atoms with Crippen LogP contribution in [0, 0.1) is 17.0 Å². The fourth-order valence-corrected chi connectivity index (χ4v) is 2.75. The number of rotatable bonds is 6. The number of halogens is 2. The topological polar surface area (TPSA) is 41.1 Å². The van der Waals surface area contributed by atoms with Crippen LogP contribution >= 0.6 is 0 Å². The molecule has 0 spiro atoms. The van der Waals surface area contributed by atoms with Crippen molar-refractivity contribution in [3.63, 3.8) is 0 Å².